The van der Waals surface area contributed by atoms with Crippen LogP contribution in [0.15, 0.2) is 30.5 Å². The van der Waals surface area contributed by atoms with Crippen LogP contribution in [0.2, 0.25) is 0 Å². The summed E-state index contributed by atoms with van der Waals surface area (Å²) < 4.78 is 13.4. The number of hydrogen-bond acceptors (Lipinski definition) is 11. The number of aryl methyl sites for hydroxylation is 1. The number of nitrogen functional groups attached to an aromatic ring is 1. The van der Waals surface area contributed by atoms with Crippen molar-refractivity contribution in [2.24, 2.45) is 5.92 Å². The second-order valence-electron chi connectivity index (χ2n) is 14.5. The first kappa shape index (κ1) is 40.8. The van der Waals surface area contributed by atoms with Crippen molar-refractivity contribution >= 4 is 46.3 Å². The van der Waals surface area contributed by atoms with E-state index < -0.39 is 0 Å². The topological polar surface area (TPSA) is 165 Å². The average Bonchev–Trinajstić information content (AvgIpc) is 3.66. The van der Waals surface area contributed by atoms with Gasteiger partial charge in [0.05, 0.1) is 31.8 Å². The quantitative estimate of drug-likeness (QED) is 0.112. The molecule has 2 aliphatic rings. The number of benzene rings is 1. The fourth-order valence-electron chi connectivity index (χ4n) is 7.05. The van der Waals surface area contributed by atoms with Crippen LogP contribution in [0.3, 0.4) is 0 Å². The van der Waals surface area contributed by atoms with Gasteiger partial charge in [0.15, 0.2) is 5.82 Å². The van der Waals surface area contributed by atoms with Crippen LogP contribution in [0, 0.1) is 12.8 Å². The van der Waals surface area contributed by atoms with E-state index in [0.29, 0.717) is 65.3 Å². The SMILES string of the molecule is CCCCCNc1nc(N)nc2ccn(Cc3ccc(CN4CCN(C(=O)CCOCCOCCCC(=O)CCN5C(=O)CC(C)C5=O)CC4)cc3C)c12. The van der Waals surface area contributed by atoms with E-state index in [-0.39, 0.29) is 54.8 Å². The second kappa shape index (κ2) is 20.3. The fraction of sp³-hybridized carbons (Fsp3) is 0.600. The molecule has 2 saturated heterocycles. The van der Waals surface area contributed by atoms with Crippen molar-refractivity contribution in [1.29, 1.82) is 0 Å². The molecular formula is C40H58N8O6. The molecule has 14 nitrogen and oxygen atoms in total. The van der Waals surface area contributed by atoms with Crippen molar-refractivity contribution in [1.82, 2.24) is 29.2 Å². The molecule has 3 amide bonds. The van der Waals surface area contributed by atoms with Gasteiger partial charge in [-0.3, -0.25) is 29.0 Å². The molecule has 54 heavy (non-hydrogen) atoms. The minimum atomic E-state index is -0.289. The molecule has 0 saturated carbocycles. The van der Waals surface area contributed by atoms with Crippen LogP contribution >= 0.6 is 0 Å². The molecular weight excluding hydrogens is 688 g/mol. The minimum Gasteiger partial charge on any atom is -0.379 e. The number of imide groups is 1. The maximum absolute atomic E-state index is 12.8. The Kier molecular flexibility index (Phi) is 15.4. The second-order valence-corrected chi connectivity index (χ2v) is 14.5. The number of ether oxygens (including phenoxy) is 2. The van der Waals surface area contributed by atoms with Gasteiger partial charge in [-0.15, -0.1) is 0 Å². The van der Waals surface area contributed by atoms with Gasteiger partial charge in [-0.2, -0.15) is 4.98 Å². The molecule has 2 aliphatic heterocycles. The molecule has 0 spiro atoms. The Labute approximate surface area is 318 Å². The number of unbranched alkanes of at least 4 members (excludes halogenated alkanes) is 2. The lowest BCUT2D eigenvalue weighted by molar-refractivity contribution is -0.139. The van der Waals surface area contributed by atoms with E-state index in [1.165, 1.54) is 28.0 Å². The van der Waals surface area contributed by atoms with Crippen LogP contribution in [-0.4, -0.2) is 118 Å². The Morgan fingerprint density at radius 1 is 0.926 bits per heavy atom. The third kappa shape index (κ3) is 11.6. The molecule has 4 heterocycles. The number of fused-ring (bicyclic) bond motifs is 1. The summed E-state index contributed by atoms with van der Waals surface area (Å²) in [5.74, 6) is 0.502. The van der Waals surface area contributed by atoms with Gasteiger partial charge in [-0.05, 0) is 42.5 Å². The first-order valence-corrected chi connectivity index (χ1v) is 19.6. The number of hydrogen-bond donors (Lipinski definition) is 2. The third-order valence-corrected chi connectivity index (χ3v) is 10.2. The van der Waals surface area contributed by atoms with Gasteiger partial charge in [0, 0.05) is 90.3 Å². The van der Waals surface area contributed by atoms with Gasteiger partial charge in [0.2, 0.25) is 23.7 Å². The highest BCUT2D eigenvalue weighted by molar-refractivity contribution is 6.03. The average molecular weight is 747 g/mol. The van der Waals surface area contributed by atoms with E-state index in [2.05, 4.69) is 63.0 Å². The van der Waals surface area contributed by atoms with Crippen LogP contribution in [-0.2, 0) is 41.7 Å². The van der Waals surface area contributed by atoms with Crippen LogP contribution in [0.25, 0.3) is 11.0 Å². The highest BCUT2D eigenvalue weighted by Gasteiger charge is 2.35. The largest absolute Gasteiger partial charge is 0.379 e. The smallest absolute Gasteiger partial charge is 0.232 e. The molecule has 294 valence electrons. The number of aromatic nitrogens is 3. The van der Waals surface area contributed by atoms with Gasteiger partial charge in [0.1, 0.15) is 11.3 Å². The van der Waals surface area contributed by atoms with Crippen LogP contribution in [0.1, 0.15) is 81.9 Å². The maximum Gasteiger partial charge on any atom is 0.232 e. The van der Waals surface area contributed by atoms with Gasteiger partial charge in [-0.1, -0.05) is 44.9 Å². The summed E-state index contributed by atoms with van der Waals surface area (Å²) in [5.41, 5.74) is 11.5. The maximum atomic E-state index is 12.8. The summed E-state index contributed by atoms with van der Waals surface area (Å²) in [6.45, 7) is 13.2. The number of nitrogens with zero attached hydrogens (tertiary/aromatic N) is 6. The summed E-state index contributed by atoms with van der Waals surface area (Å²) in [6.07, 6.45) is 7.13. The Morgan fingerprint density at radius 3 is 2.43 bits per heavy atom. The first-order chi connectivity index (χ1) is 26.1. The number of rotatable bonds is 22. The summed E-state index contributed by atoms with van der Waals surface area (Å²) in [7, 11) is 0. The van der Waals surface area contributed by atoms with E-state index in [4.69, 9.17) is 15.2 Å². The number of carbonyl (C=O) groups excluding carboxylic acids is 4. The number of nitrogens with one attached hydrogen (secondary N) is 1. The van der Waals surface area contributed by atoms with E-state index in [9.17, 15) is 19.2 Å². The molecule has 1 aromatic carbocycles. The predicted molar refractivity (Wildman–Crippen MR) is 208 cm³/mol. The van der Waals surface area contributed by atoms with Crippen LogP contribution < -0.4 is 11.1 Å². The van der Waals surface area contributed by atoms with Gasteiger partial charge in [0.25, 0.3) is 0 Å². The number of Topliss-reactive ketones (excluding diaryl/α,β-unsaturated/α-hetero) is 1. The van der Waals surface area contributed by atoms with Crippen LogP contribution in [0.4, 0.5) is 11.8 Å². The van der Waals surface area contributed by atoms with Crippen molar-refractivity contribution in [3.05, 3.63) is 47.2 Å². The monoisotopic (exact) mass is 746 g/mol. The molecule has 1 atom stereocenters. The number of carbonyl (C=O) groups is 4. The Hall–Kier alpha value is -4.40. The van der Waals surface area contributed by atoms with E-state index in [0.717, 1.165) is 55.9 Å². The zero-order valence-corrected chi connectivity index (χ0v) is 32.3. The van der Waals surface area contributed by atoms with Crippen molar-refractivity contribution < 1.29 is 28.7 Å². The summed E-state index contributed by atoms with van der Waals surface area (Å²) >= 11 is 0. The molecule has 0 aliphatic carbocycles. The number of likely N-dealkylation sites (tertiary alicyclic amines) is 1. The van der Waals surface area contributed by atoms with Gasteiger partial charge >= 0.3 is 0 Å². The van der Waals surface area contributed by atoms with E-state index in [1.54, 1.807) is 6.92 Å². The molecule has 3 N–H and O–H groups in total. The molecule has 5 rings (SSSR count). The molecule has 14 heteroatoms. The molecule has 1 unspecified atom stereocenters. The Balaban J connectivity index is 0.939. The van der Waals surface area contributed by atoms with Crippen molar-refractivity contribution in [2.75, 3.05) is 76.7 Å². The first-order valence-electron chi connectivity index (χ1n) is 19.6. The molecule has 0 radical (unpaired) electrons. The zero-order chi connectivity index (χ0) is 38.5. The minimum absolute atomic E-state index is 0.0137. The van der Waals surface area contributed by atoms with E-state index in [1.807, 2.05) is 11.0 Å². The number of anilines is 2. The molecule has 0 bridgehead atoms. The number of ketones is 1. The third-order valence-electron chi connectivity index (χ3n) is 10.2. The fourth-order valence-corrected chi connectivity index (χ4v) is 7.05. The lowest BCUT2D eigenvalue weighted by atomic mass is 10.0. The normalized spacial score (nSPS) is 16.5. The summed E-state index contributed by atoms with van der Waals surface area (Å²) in [6, 6.07) is 8.68. The van der Waals surface area contributed by atoms with Crippen molar-refractivity contribution in [2.45, 2.75) is 85.2 Å². The van der Waals surface area contributed by atoms with Crippen LogP contribution in [0.5, 0.6) is 0 Å². The number of nitrogens with two attached hydrogens (primary N) is 1. The molecule has 2 fully saturated rings. The van der Waals surface area contributed by atoms with Gasteiger partial charge in [-0.25, -0.2) is 4.98 Å². The van der Waals surface area contributed by atoms with Gasteiger partial charge < -0.3 is 30.0 Å². The van der Waals surface area contributed by atoms with E-state index >= 15 is 0 Å². The number of amides is 3. The highest BCUT2D eigenvalue weighted by Crippen LogP contribution is 2.25. The lowest BCUT2D eigenvalue weighted by Gasteiger charge is -2.35. The predicted octanol–water partition coefficient (Wildman–Crippen LogP) is 4.17. The molecule has 2 aromatic heterocycles. The zero-order valence-electron chi connectivity index (χ0n) is 32.3. The Morgan fingerprint density at radius 2 is 1.70 bits per heavy atom. The lowest BCUT2D eigenvalue weighted by Crippen LogP contribution is -2.48. The highest BCUT2D eigenvalue weighted by atomic mass is 16.5. The Bertz CT molecular complexity index is 1740. The summed E-state index contributed by atoms with van der Waals surface area (Å²) in [5, 5.41) is 3.48. The molecule has 3 aromatic rings. The van der Waals surface area contributed by atoms with Crippen molar-refractivity contribution in [3.8, 4) is 0 Å². The van der Waals surface area contributed by atoms with Crippen molar-refractivity contribution in [3.63, 3.8) is 0 Å². The standard InChI is InChI=1S/C40H58N8O6/c1-4-5-6-14-42-38-37-34(43-40(41)44-38)12-15-47(37)28-32-10-9-31(25-29(32)2)27-45-17-19-46(20-18-45)35(50)13-22-54-24-23-53-21-7-8-33(49)11-16-48-36(51)26-30(3)39(48)52/h9-10,12,15,25,30H,4-8,11,13-14,16-24,26-28H2,1-3H3,(H3,41,42,43,44). The number of piperazine rings is 1. The summed E-state index contributed by atoms with van der Waals surface area (Å²) in [4.78, 5) is 63.2.